The molecule has 1 unspecified atom stereocenters. The number of halogens is 1. The van der Waals surface area contributed by atoms with Crippen molar-refractivity contribution < 1.29 is 13.9 Å². The molecule has 20 heavy (non-hydrogen) atoms. The molecule has 1 heterocycles. The van der Waals surface area contributed by atoms with E-state index in [4.69, 9.17) is 9.47 Å². The van der Waals surface area contributed by atoms with E-state index >= 15 is 0 Å². The number of aromatic nitrogens is 1. The summed E-state index contributed by atoms with van der Waals surface area (Å²) >= 11 is 0. The van der Waals surface area contributed by atoms with Gasteiger partial charge in [-0.1, -0.05) is 13.8 Å². The van der Waals surface area contributed by atoms with Gasteiger partial charge in [0, 0.05) is 45.1 Å². The van der Waals surface area contributed by atoms with E-state index in [1.54, 1.807) is 26.5 Å². The van der Waals surface area contributed by atoms with Crippen molar-refractivity contribution in [2.24, 2.45) is 0 Å². The highest BCUT2D eigenvalue weighted by Crippen LogP contribution is 2.15. The number of pyridine rings is 1. The second-order valence-electron chi connectivity index (χ2n) is 4.86. The summed E-state index contributed by atoms with van der Waals surface area (Å²) in [5.41, 5.74) is 0.594. The highest BCUT2D eigenvalue weighted by molar-refractivity contribution is 5.40. The first-order chi connectivity index (χ1) is 9.58. The lowest BCUT2D eigenvalue weighted by atomic mass is 10.2. The Morgan fingerprint density at radius 3 is 2.70 bits per heavy atom. The van der Waals surface area contributed by atoms with Gasteiger partial charge in [0.15, 0.2) is 11.6 Å². The number of nitrogens with zero attached hydrogens (tertiary/aromatic N) is 1. The molecular formula is C14H24FN3O2. The number of nitrogens with one attached hydrogen (secondary N) is 2. The van der Waals surface area contributed by atoms with Gasteiger partial charge < -0.3 is 20.1 Å². The van der Waals surface area contributed by atoms with Crippen LogP contribution < -0.4 is 10.6 Å². The smallest absolute Gasteiger partial charge is 0.169 e. The fourth-order valence-electron chi connectivity index (χ4n) is 1.66. The average Bonchev–Trinajstić information content (AvgIpc) is 2.43. The minimum Gasteiger partial charge on any atom is -0.382 e. The summed E-state index contributed by atoms with van der Waals surface area (Å²) in [5, 5.41) is 6.14. The number of rotatable bonds is 9. The van der Waals surface area contributed by atoms with Crippen molar-refractivity contribution in [2.75, 3.05) is 32.7 Å². The van der Waals surface area contributed by atoms with Crippen LogP contribution in [-0.4, -0.2) is 44.5 Å². The predicted molar refractivity (Wildman–Crippen MR) is 77.3 cm³/mol. The Hall–Kier alpha value is -1.24. The van der Waals surface area contributed by atoms with Gasteiger partial charge in [-0.25, -0.2) is 9.37 Å². The number of hydrogen-bond acceptors (Lipinski definition) is 5. The Labute approximate surface area is 119 Å². The van der Waals surface area contributed by atoms with Gasteiger partial charge >= 0.3 is 0 Å². The van der Waals surface area contributed by atoms with Crippen LogP contribution in [0.5, 0.6) is 0 Å². The van der Waals surface area contributed by atoms with Crippen LogP contribution in [0.3, 0.4) is 0 Å². The van der Waals surface area contributed by atoms with Crippen molar-refractivity contribution in [1.29, 1.82) is 0 Å². The van der Waals surface area contributed by atoms with Crippen molar-refractivity contribution in [2.45, 2.75) is 32.5 Å². The van der Waals surface area contributed by atoms with Crippen LogP contribution in [0.1, 0.15) is 19.4 Å². The second-order valence-corrected chi connectivity index (χ2v) is 4.86. The highest BCUT2D eigenvalue weighted by atomic mass is 19.1. The molecule has 1 aromatic heterocycles. The standard InChI is InChI=1S/C14H24FN3O2/c1-10(2)17-7-11-5-6-16-14(13(11)15)18-8-12(20-4)9-19-3/h5-6,10,12,17H,7-9H2,1-4H3,(H,16,18). The molecule has 6 heteroatoms. The zero-order chi connectivity index (χ0) is 15.0. The zero-order valence-electron chi connectivity index (χ0n) is 12.6. The quantitative estimate of drug-likeness (QED) is 0.724. The number of anilines is 1. The third-order valence-electron chi connectivity index (χ3n) is 2.85. The van der Waals surface area contributed by atoms with Gasteiger partial charge in [0.25, 0.3) is 0 Å². The van der Waals surface area contributed by atoms with Gasteiger partial charge in [-0.3, -0.25) is 0 Å². The molecule has 0 aliphatic heterocycles. The maximum Gasteiger partial charge on any atom is 0.169 e. The molecule has 114 valence electrons. The van der Waals surface area contributed by atoms with Gasteiger partial charge in [-0.2, -0.15) is 0 Å². The molecule has 5 nitrogen and oxygen atoms in total. The molecule has 0 bridgehead atoms. The summed E-state index contributed by atoms with van der Waals surface area (Å²) < 4.78 is 24.5. The van der Waals surface area contributed by atoms with E-state index in [1.165, 1.54) is 0 Å². The van der Waals surface area contributed by atoms with Crippen LogP contribution >= 0.6 is 0 Å². The Bertz CT molecular complexity index is 402. The molecule has 1 aromatic rings. The minimum atomic E-state index is -0.326. The minimum absolute atomic E-state index is 0.140. The second kappa shape index (κ2) is 8.84. The first-order valence-corrected chi connectivity index (χ1v) is 6.70. The van der Waals surface area contributed by atoms with Crippen LogP contribution in [-0.2, 0) is 16.0 Å². The number of hydrogen-bond donors (Lipinski definition) is 2. The third kappa shape index (κ3) is 5.40. The summed E-state index contributed by atoms with van der Waals surface area (Å²) in [5.74, 6) is -0.0841. The van der Waals surface area contributed by atoms with Gasteiger partial charge in [-0.15, -0.1) is 0 Å². The molecule has 0 aliphatic rings. The molecule has 0 amide bonds. The van der Waals surface area contributed by atoms with Gasteiger partial charge in [0.2, 0.25) is 0 Å². The van der Waals surface area contributed by atoms with Crippen molar-refractivity contribution in [3.05, 3.63) is 23.6 Å². The lowest BCUT2D eigenvalue weighted by molar-refractivity contribution is 0.0365. The number of ether oxygens (including phenoxy) is 2. The largest absolute Gasteiger partial charge is 0.382 e. The summed E-state index contributed by atoms with van der Waals surface area (Å²) in [4.78, 5) is 4.02. The van der Waals surface area contributed by atoms with Crippen LogP contribution in [0, 0.1) is 5.82 Å². The fourth-order valence-corrected chi connectivity index (χ4v) is 1.66. The van der Waals surface area contributed by atoms with Crippen molar-refractivity contribution in [3.8, 4) is 0 Å². The molecule has 0 saturated heterocycles. The van der Waals surface area contributed by atoms with Crippen molar-refractivity contribution >= 4 is 5.82 Å². The third-order valence-corrected chi connectivity index (χ3v) is 2.85. The molecule has 0 radical (unpaired) electrons. The van der Waals surface area contributed by atoms with Crippen LogP contribution in [0.25, 0.3) is 0 Å². The molecule has 2 N–H and O–H groups in total. The Kier molecular flexibility index (Phi) is 7.43. The summed E-state index contributed by atoms with van der Waals surface area (Å²) in [6.45, 7) is 5.40. The van der Waals surface area contributed by atoms with Gasteiger partial charge in [0.1, 0.15) is 0 Å². The van der Waals surface area contributed by atoms with E-state index in [0.29, 0.717) is 31.3 Å². The molecule has 0 saturated carbocycles. The van der Waals surface area contributed by atoms with Crippen LogP contribution in [0.4, 0.5) is 10.2 Å². The Morgan fingerprint density at radius 2 is 2.10 bits per heavy atom. The first-order valence-electron chi connectivity index (χ1n) is 6.70. The van der Waals surface area contributed by atoms with Crippen molar-refractivity contribution in [3.63, 3.8) is 0 Å². The fraction of sp³-hybridized carbons (Fsp3) is 0.643. The van der Waals surface area contributed by atoms with Crippen molar-refractivity contribution in [1.82, 2.24) is 10.3 Å². The van der Waals surface area contributed by atoms with E-state index in [2.05, 4.69) is 15.6 Å². The molecule has 0 fully saturated rings. The normalized spacial score (nSPS) is 12.7. The lowest BCUT2D eigenvalue weighted by Crippen LogP contribution is -2.27. The average molecular weight is 285 g/mol. The summed E-state index contributed by atoms with van der Waals surface area (Å²) in [6, 6.07) is 1.98. The van der Waals surface area contributed by atoms with E-state index < -0.39 is 0 Å². The Morgan fingerprint density at radius 1 is 1.35 bits per heavy atom. The molecule has 1 atom stereocenters. The van der Waals surface area contributed by atoms with Gasteiger partial charge in [0.05, 0.1) is 12.7 Å². The number of methoxy groups -OCH3 is 2. The molecule has 0 aliphatic carbocycles. The molecular weight excluding hydrogens is 261 g/mol. The van der Waals surface area contributed by atoms with Crippen LogP contribution in [0.2, 0.25) is 0 Å². The van der Waals surface area contributed by atoms with E-state index in [0.717, 1.165) is 0 Å². The first kappa shape index (κ1) is 16.8. The summed E-state index contributed by atoms with van der Waals surface area (Å²) in [6.07, 6.45) is 1.46. The van der Waals surface area contributed by atoms with E-state index in [-0.39, 0.29) is 17.7 Å². The molecule has 0 spiro atoms. The topological polar surface area (TPSA) is 55.4 Å². The highest BCUT2D eigenvalue weighted by Gasteiger charge is 2.12. The SMILES string of the molecule is COCC(CNc1nccc(CNC(C)C)c1F)OC. The predicted octanol–water partition coefficient (Wildman–Crippen LogP) is 1.79. The molecule has 1 rings (SSSR count). The Balaban J connectivity index is 2.63. The van der Waals surface area contributed by atoms with Gasteiger partial charge in [-0.05, 0) is 6.07 Å². The maximum atomic E-state index is 14.2. The monoisotopic (exact) mass is 285 g/mol. The molecule has 0 aromatic carbocycles. The van der Waals surface area contributed by atoms with Crippen LogP contribution in [0.15, 0.2) is 12.3 Å². The summed E-state index contributed by atoms with van der Waals surface area (Å²) in [7, 11) is 3.20. The zero-order valence-corrected chi connectivity index (χ0v) is 12.6. The lowest BCUT2D eigenvalue weighted by Gasteiger charge is -2.16. The van der Waals surface area contributed by atoms with E-state index in [9.17, 15) is 4.39 Å². The van der Waals surface area contributed by atoms with E-state index in [1.807, 2.05) is 13.8 Å². The maximum absolute atomic E-state index is 14.2.